The van der Waals surface area contributed by atoms with Crippen molar-refractivity contribution in [3.63, 3.8) is 0 Å². The van der Waals surface area contributed by atoms with Crippen molar-refractivity contribution in [2.24, 2.45) is 11.7 Å². The highest BCUT2D eigenvalue weighted by molar-refractivity contribution is 6.20. The lowest BCUT2D eigenvalue weighted by molar-refractivity contribution is -0.121. The quantitative estimate of drug-likeness (QED) is 0.416. The zero-order chi connectivity index (χ0) is 23.1. The van der Waals surface area contributed by atoms with Gasteiger partial charge in [-0.2, -0.15) is 0 Å². The highest BCUT2D eigenvalue weighted by atomic mass is 16.5. The first kappa shape index (κ1) is 23.9. The predicted molar refractivity (Wildman–Crippen MR) is 116 cm³/mol. The van der Waals surface area contributed by atoms with E-state index >= 15 is 0 Å². The lowest BCUT2D eigenvalue weighted by Gasteiger charge is -2.25. The standard InChI is InChI=1S/C23H28N2O6/c1-13(2)18(23(24)28)25-19(20(26)14-9-7-6-8-10-14)21(27)15-11-16(29-3)22(31-5)17(12-15)30-4/h6-13,18-19,25H,1-5H3,(H2,24,28). The first-order chi connectivity index (χ1) is 14.7. The molecule has 0 bridgehead atoms. The van der Waals surface area contributed by atoms with Gasteiger partial charge in [-0.1, -0.05) is 44.2 Å². The first-order valence-electron chi connectivity index (χ1n) is 9.73. The Hall–Kier alpha value is -3.39. The van der Waals surface area contributed by atoms with Crippen LogP contribution in [-0.2, 0) is 4.79 Å². The van der Waals surface area contributed by atoms with Gasteiger partial charge in [-0.05, 0) is 18.1 Å². The monoisotopic (exact) mass is 428 g/mol. The second-order valence-electron chi connectivity index (χ2n) is 7.23. The molecule has 2 atom stereocenters. The van der Waals surface area contributed by atoms with E-state index in [4.69, 9.17) is 19.9 Å². The van der Waals surface area contributed by atoms with E-state index in [-0.39, 0.29) is 23.0 Å². The molecule has 1 amide bonds. The number of rotatable bonds is 11. The zero-order valence-corrected chi connectivity index (χ0v) is 18.3. The SMILES string of the molecule is COc1cc(C(=O)C(NC(C(N)=O)C(C)C)C(=O)c2ccccc2)cc(OC)c1OC. The molecule has 3 N–H and O–H groups in total. The molecule has 2 rings (SSSR count). The smallest absolute Gasteiger partial charge is 0.234 e. The molecule has 0 heterocycles. The molecule has 8 heteroatoms. The molecule has 2 unspecified atom stereocenters. The maximum absolute atomic E-state index is 13.5. The molecular weight excluding hydrogens is 400 g/mol. The topological polar surface area (TPSA) is 117 Å². The van der Waals surface area contributed by atoms with Gasteiger partial charge in [0, 0.05) is 11.1 Å². The number of carbonyl (C=O) groups is 3. The summed E-state index contributed by atoms with van der Waals surface area (Å²) in [6.07, 6.45) is 0. The molecule has 8 nitrogen and oxygen atoms in total. The summed E-state index contributed by atoms with van der Waals surface area (Å²) < 4.78 is 15.9. The van der Waals surface area contributed by atoms with Crippen LogP contribution in [0.25, 0.3) is 0 Å². The van der Waals surface area contributed by atoms with Gasteiger partial charge in [0.15, 0.2) is 23.1 Å². The fraction of sp³-hybridized carbons (Fsp3) is 0.348. The Bertz CT molecular complexity index is 917. The van der Waals surface area contributed by atoms with E-state index in [0.717, 1.165) is 0 Å². The molecule has 0 aromatic heterocycles. The van der Waals surface area contributed by atoms with E-state index in [1.165, 1.54) is 33.5 Å². The van der Waals surface area contributed by atoms with Gasteiger partial charge in [0.1, 0.15) is 6.04 Å². The van der Waals surface area contributed by atoms with Gasteiger partial charge in [0.2, 0.25) is 11.7 Å². The van der Waals surface area contributed by atoms with Crippen LogP contribution in [0.4, 0.5) is 0 Å². The molecule has 0 radical (unpaired) electrons. The number of ether oxygens (including phenoxy) is 3. The third kappa shape index (κ3) is 5.40. The van der Waals surface area contributed by atoms with Gasteiger partial charge in [0.05, 0.1) is 27.4 Å². The average Bonchev–Trinajstić information content (AvgIpc) is 2.77. The molecule has 31 heavy (non-hydrogen) atoms. The minimum atomic E-state index is -1.34. The van der Waals surface area contributed by atoms with Crippen molar-refractivity contribution < 1.29 is 28.6 Å². The van der Waals surface area contributed by atoms with Crippen LogP contribution in [0.2, 0.25) is 0 Å². The van der Waals surface area contributed by atoms with Crippen molar-refractivity contribution in [3.8, 4) is 17.2 Å². The van der Waals surface area contributed by atoms with E-state index in [1.54, 1.807) is 44.2 Å². The van der Waals surface area contributed by atoms with Crippen LogP contribution in [0.5, 0.6) is 17.2 Å². The summed E-state index contributed by atoms with van der Waals surface area (Å²) in [5, 5.41) is 2.87. The normalized spacial score (nSPS) is 12.7. The van der Waals surface area contributed by atoms with Crippen molar-refractivity contribution in [3.05, 3.63) is 53.6 Å². The summed E-state index contributed by atoms with van der Waals surface area (Å²) in [4.78, 5) is 38.7. The fourth-order valence-electron chi connectivity index (χ4n) is 3.21. The summed E-state index contributed by atoms with van der Waals surface area (Å²) in [5.74, 6) is -1.07. The summed E-state index contributed by atoms with van der Waals surface area (Å²) in [7, 11) is 4.31. The molecule has 0 aliphatic rings. The van der Waals surface area contributed by atoms with Gasteiger partial charge >= 0.3 is 0 Å². The Morgan fingerprint density at radius 2 is 1.35 bits per heavy atom. The number of carbonyl (C=O) groups excluding carboxylic acids is 3. The molecule has 2 aromatic rings. The Kier molecular flexibility index (Phi) is 8.15. The highest BCUT2D eigenvalue weighted by Gasteiger charge is 2.34. The van der Waals surface area contributed by atoms with Gasteiger partial charge in [0.25, 0.3) is 0 Å². The minimum absolute atomic E-state index is 0.156. The Morgan fingerprint density at radius 3 is 1.77 bits per heavy atom. The number of benzene rings is 2. The van der Waals surface area contributed by atoms with Gasteiger partial charge in [-0.15, -0.1) is 0 Å². The Balaban J connectivity index is 2.56. The van der Waals surface area contributed by atoms with Crippen LogP contribution in [0.15, 0.2) is 42.5 Å². The van der Waals surface area contributed by atoms with E-state index in [9.17, 15) is 14.4 Å². The van der Waals surface area contributed by atoms with Crippen LogP contribution in [0, 0.1) is 5.92 Å². The second-order valence-corrected chi connectivity index (χ2v) is 7.23. The van der Waals surface area contributed by atoms with Crippen LogP contribution in [0.1, 0.15) is 34.6 Å². The summed E-state index contributed by atoms with van der Waals surface area (Å²) in [5.41, 5.74) is 5.99. The number of ketones is 2. The van der Waals surface area contributed by atoms with E-state index in [0.29, 0.717) is 11.3 Å². The zero-order valence-electron chi connectivity index (χ0n) is 18.3. The van der Waals surface area contributed by atoms with Gasteiger partial charge in [-0.25, -0.2) is 0 Å². The maximum Gasteiger partial charge on any atom is 0.234 e. The van der Waals surface area contributed by atoms with Crippen molar-refractivity contribution in [1.29, 1.82) is 0 Å². The van der Waals surface area contributed by atoms with E-state index in [2.05, 4.69) is 5.32 Å². The van der Waals surface area contributed by atoms with E-state index in [1.807, 2.05) is 0 Å². The minimum Gasteiger partial charge on any atom is -0.493 e. The number of nitrogens with two attached hydrogens (primary N) is 1. The largest absolute Gasteiger partial charge is 0.493 e. The number of hydrogen-bond acceptors (Lipinski definition) is 7. The summed E-state index contributed by atoms with van der Waals surface area (Å²) in [6, 6.07) is 9.07. The molecule has 0 saturated carbocycles. The highest BCUT2D eigenvalue weighted by Crippen LogP contribution is 2.38. The van der Waals surface area contributed by atoms with Gasteiger partial charge < -0.3 is 19.9 Å². The molecule has 0 aliphatic heterocycles. The fourth-order valence-corrected chi connectivity index (χ4v) is 3.21. The number of nitrogens with one attached hydrogen (secondary N) is 1. The number of amides is 1. The van der Waals surface area contributed by atoms with Crippen molar-refractivity contribution in [2.75, 3.05) is 21.3 Å². The lowest BCUT2D eigenvalue weighted by Crippen LogP contribution is -2.55. The first-order valence-corrected chi connectivity index (χ1v) is 9.73. The predicted octanol–water partition coefficient (Wildman–Crippen LogP) is 2.25. The molecule has 0 aliphatic carbocycles. The number of primary amides is 1. The third-order valence-corrected chi connectivity index (χ3v) is 4.85. The van der Waals surface area contributed by atoms with Crippen LogP contribution < -0.4 is 25.3 Å². The molecule has 0 saturated heterocycles. The maximum atomic E-state index is 13.5. The second kappa shape index (κ2) is 10.6. The van der Waals surface area contributed by atoms with Crippen LogP contribution in [0.3, 0.4) is 0 Å². The summed E-state index contributed by atoms with van der Waals surface area (Å²) in [6.45, 7) is 3.55. The Morgan fingerprint density at radius 1 is 0.839 bits per heavy atom. The van der Waals surface area contributed by atoms with Crippen molar-refractivity contribution in [1.82, 2.24) is 5.32 Å². The number of methoxy groups -OCH3 is 3. The molecule has 0 fully saturated rings. The molecule has 0 spiro atoms. The Labute approximate surface area is 181 Å². The van der Waals surface area contributed by atoms with Crippen molar-refractivity contribution >= 4 is 17.5 Å². The average molecular weight is 428 g/mol. The summed E-state index contributed by atoms with van der Waals surface area (Å²) >= 11 is 0. The molecular formula is C23H28N2O6. The van der Waals surface area contributed by atoms with Crippen LogP contribution >= 0.6 is 0 Å². The number of hydrogen-bond donors (Lipinski definition) is 2. The number of Topliss-reactive ketones (excluding diaryl/α,β-unsaturated/α-hetero) is 2. The molecule has 2 aromatic carbocycles. The molecule has 166 valence electrons. The van der Waals surface area contributed by atoms with Crippen molar-refractivity contribution in [2.45, 2.75) is 25.9 Å². The van der Waals surface area contributed by atoms with Gasteiger partial charge in [-0.3, -0.25) is 19.7 Å². The third-order valence-electron chi connectivity index (χ3n) is 4.85. The van der Waals surface area contributed by atoms with E-state index < -0.39 is 29.6 Å². The van der Waals surface area contributed by atoms with Crippen LogP contribution in [-0.4, -0.2) is 50.9 Å². The lowest BCUT2D eigenvalue weighted by atomic mass is 9.93.